The molecule has 0 saturated heterocycles. The monoisotopic (exact) mass is 487 g/mol. The second-order valence-corrected chi connectivity index (χ2v) is 10.5. The average molecular weight is 488 g/mol. The van der Waals surface area contributed by atoms with Crippen molar-refractivity contribution in [2.45, 2.75) is 85.0 Å². The third-order valence-electron chi connectivity index (χ3n) is 4.71. The van der Waals surface area contributed by atoms with Crippen LogP contribution in [0.3, 0.4) is 0 Å². The Hall–Kier alpha value is -3.61. The van der Waals surface area contributed by atoms with Crippen molar-refractivity contribution >= 4 is 23.8 Å². The number of hydrogen-bond acceptors (Lipinski definition) is 6. The highest BCUT2D eigenvalue weighted by atomic mass is 16.6. The summed E-state index contributed by atoms with van der Waals surface area (Å²) < 4.78 is 5.22. The lowest BCUT2D eigenvalue weighted by Gasteiger charge is -2.35. The van der Waals surface area contributed by atoms with Crippen LogP contribution in [0, 0.1) is 25.2 Å². The third kappa shape index (κ3) is 9.65. The summed E-state index contributed by atoms with van der Waals surface area (Å²) in [5.41, 5.74) is 5.95. The number of nitrogens with zero attached hydrogens (tertiary/aromatic N) is 2. The molecule has 0 bridgehead atoms. The van der Waals surface area contributed by atoms with E-state index in [1.807, 2.05) is 25.1 Å². The molecule has 0 aromatic heterocycles. The smallest absolute Gasteiger partial charge is 0.408 e. The molecule has 192 valence electrons. The van der Waals surface area contributed by atoms with Crippen molar-refractivity contribution in [3.8, 4) is 6.07 Å². The number of amides is 4. The summed E-state index contributed by atoms with van der Waals surface area (Å²) in [7, 11) is 0. The SMILES string of the molecule is Cc1ccc(C)c(C(C(=O)NC(C)(C)C)N(CC#N)C(=O)C(CC(N)=O)NC(=O)OC(C)(C)C)c1. The van der Waals surface area contributed by atoms with Gasteiger partial charge in [0.15, 0.2) is 0 Å². The molecule has 2 unspecified atom stereocenters. The molecule has 0 radical (unpaired) electrons. The van der Waals surface area contributed by atoms with E-state index in [4.69, 9.17) is 10.5 Å². The first-order valence-electron chi connectivity index (χ1n) is 11.3. The van der Waals surface area contributed by atoms with Crippen molar-refractivity contribution in [3.63, 3.8) is 0 Å². The standard InChI is InChI=1S/C25H37N5O5/c1-15-9-10-16(2)17(13-15)20(21(32)29-24(3,4)5)30(12-11-26)22(33)18(14-19(27)31)28-23(34)35-25(6,7)8/h9-10,13,18,20H,12,14H2,1-8H3,(H2,27,31)(H,28,34)(H,29,32). The fourth-order valence-electron chi connectivity index (χ4n) is 3.37. The van der Waals surface area contributed by atoms with Crippen LogP contribution in [0.25, 0.3) is 0 Å². The van der Waals surface area contributed by atoms with Crippen molar-refractivity contribution in [1.82, 2.24) is 15.5 Å². The van der Waals surface area contributed by atoms with Gasteiger partial charge in [0.1, 0.15) is 24.2 Å². The number of benzene rings is 1. The zero-order valence-corrected chi connectivity index (χ0v) is 21.8. The minimum Gasteiger partial charge on any atom is -0.444 e. The minimum absolute atomic E-state index is 0.473. The highest BCUT2D eigenvalue weighted by Crippen LogP contribution is 2.27. The Labute approximate surface area is 207 Å². The first-order chi connectivity index (χ1) is 15.9. The molecule has 1 aromatic rings. The molecule has 2 atom stereocenters. The van der Waals surface area contributed by atoms with E-state index in [-0.39, 0.29) is 0 Å². The molecule has 4 N–H and O–H groups in total. The second kappa shape index (κ2) is 11.7. The van der Waals surface area contributed by atoms with E-state index in [0.717, 1.165) is 16.0 Å². The van der Waals surface area contributed by atoms with Crippen molar-refractivity contribution in [2.75, 3.05) is 6.54 Å². The Morgan fingerprint density at radius 1 is 1.11 bits per heavy atom. The van der Waals surface area contributed by atoms with Gasteiger partial charge >= 0.3 is 6.09 Å². The first-order valence-corrected chi connectivity index (χ1v) is 11.3. The third-order valence-corrected chi connectivity index (χ3v) is 4.71. The second-order valence-electron chi connectivity index (χ2n) is 10.5. The van der Waals surface area contributed by atoms with Crippen LogP contribution in [0.1, 0.15) is 70.7 Å². The van der Waals surface area contributed by atoms with Gasteiger partial charge in [0.05, 0.1) is 12.5 Å². The lowest BCUT2D eigenvalue weighted by atomic mass is 9.95. The van der Waals surface area contributed by atoms with Gasteiger partial charge in [-0.15, -0.1) is 0 Å². The predicted molar refractivity (Wildman–Crippen MR) is 131 cm³/mol. The molecule has 10 heteroatoms. The van der Waals surface area contributed by atoms with Crippen molar-refractivity contribution in [2.24, 2.45) is 5.73 Å². The van der Waals surface area contributed by atoms with Gasteiger partial charge in [-0.2, -0.15) is 5.26 Å². The zero-order valence-electron chi connectivity index (χ0n) is 21.8. The summed E-state index contributed by atoms with van der Waals surface area (Å²) in [5.74, 6) is -2.17. The maximum atomic E-state index is 13.7. The topological polar surface area (TPSA) is 155 Å². The molecule has 1 aromatic carbocycles. The Kier molecular flexibility index (Phi) is 9.83. The van der Waals surface area contributed by atoms with E-state index in [1.54, 1.807) is 54.5 Å². The number of nitrogens with two attached hydrogens (primary N) is 1. The summed E-state index contributed by atoms with van der Waals surface area (Å²) >= 11 is 0. The lowest BCUT2D eigenvalue weighted by molar-refractivity contribution is -0.143. The molecule has 10 nitrogen and oxygen atoms in total. The summed E-state index contributed by atoms with van der Waals surface area (Å²) in [5, 5.41) is 14.8. The number of hydrogen-bond donors (Lipinski definition) is 3. The highest BCUT2D eigenvalue weighted by Gasteiger charge is 2.38. The molecule has 0 saturated carbocycles. The van der Waals surface area contributed by atoms with Crippen molar-refractivity contribution in [3.05, 3.63) is 34.9 Å². The fraction of sp³-hybridized carbons (Fsp3) is 0.560. The van der Waals surface area contributed by atoms with E-state index < -0.39 is 60.0 Å². The molecule has 0 fully saturated rings. The van der Waals surface area contributed by atoms with Crippen LogP contribution in [0.5, 0.6) is 0 Å². The van der Waals surface area contributed by atoms with E-state index in [9.17, 15) is 24.4 Å². The van der Waals surface area contributed by atoms with E-state index in [1.165, 1.54) is 0 Å². The maximum Gasteiger partial charge on any atom is 0.408 e. The Balaban J connectivity index is 3.58. The lowest BCUT2D eigenvalue weighted by Crippen LogP contribution is -2.55. The number of primary amides is 1. The summed E-state index contributed by atoms with van der Waals surface area (Å²) in [4.78, 5) is 52.3. The van der Waals surface area contributed by atoms with Gasteiger partial charge in [0.25, 0.3) is 0 Å². The zero-order chi connectivity index (χ0) is 27.1. The van der Waals surface area contributed by atoms with E-state index in [2.05, 4.69) is 10.6 Å². The van der Waals surface area contributed by atoms with Gasteiger partial charge in [-0.05, 0) is 66.5 Å². The normalized spacial score (nSPS) is 13.1. The molecule has 0 aliphatic rings. The number of nitrogens with one attached hydrogen (secondary N) is 2. The van der Waals surface area contributed by atoms with E-state index >= 15 is 0 Å². The van der Waals surface area contributed by atoms with Crippen LogP contribution in [0.15, 0.2) is 18.2 Å². The number of alkyl carbamates (subject to hydrolysis) is 1. The number of carbonyl (C=O) groups is 4. The molecule has 0 aliphatic carbocycles. The molecule has 1 rings (SSSR count). The van der Waals surface area contributed by atoms with Crippen LogP contribution in [0.4, 0.5) is 4.79 Å². The fourth-order valence-corrected chi connectivity index (χ4v) is 3.37. The van der Waals surface area contributed by atoms with Gasteiger partial charge in [0, 0.05) is 5.54 Å². The van der Waals surface area contributed by atoms with Crippen LogP contribution in [-0.2, 0) is 19.1 Å². The maximum absolute atomic E-state index is 13.7. The van der Waals surface area contributed by atoms with Gasteiger partial charge in [0.2, 0.25) is 17.7 Å². The number of nitriles is 1. The number of rotatable bonds is 8. The molecular weight excluding hydrogens is 450 g/mol. The van der Waals surface area contributed by atoms with Crippen molar-refractivity contribution < 1.29 is 23.9 Å². The number of carbonyl (C=O) groups excluding carboxylic acids is 4. The quantitative estimate of drug-likeness (QED) is 0.478. The molecule has 0 heterocycles. The van der Waals surface area contributed by atoms with E-state index in [0.29, 0.717) is 5.56 Å². The molecule has 35 heavy (non-hydrogen) atoms. The van der Waals surface area contributed by atoms with Gasteiger partial charge in [-0.25, -0.2) is 4.79 Å². The Morgan fingerprint density at radius 3 is 2.20 bits per heavy atom. The van der Waals surface area contributed by atoms with Gasteiger partial charge in [-0.1, -0.05) is 23.8 Å². The van der Waals surface area contributed by atoms with Crippen LogP contribution in [0.2, 0.25) is 0 Å². The summed E-state index contributed by atoms with van der Waals surface area (Å²) in [6.45, 7) is 13.5. The van der Waals surface area contributed by atoms with Crippen LogP contribution in [-0.4, -0.2) is 52.4 Å². The first kappa shape index (κ1) is 29.4. The van der Waals surface area contributed by atoms with Crippen molar-refractivity contribution in [1.29, 1.82) is 5.26 Å². The average Bonchev–Trinajstić information content (AvgIpc) is 2.66. The highest BCUT2D eigenvalue weighted by molar-refractivity contribution is 5.95. The Morgan fingerprint density at radius 2 is 1.71 bits per heavy atom. The summed E-state index contributed by atoms with van der Waals surface area (Å²) in [6.07, 6.45) is -1.48. The summed E-state index contributed by atoms with van der Waals surface area (Å²) in [6, 6.07) is 4.73. The molecule has 4 amide bonds. The Bertz CT molecular complexity index is 1000. The minimum atomic E-state index is -1.44. The number of aryl methyl sites for hydroxylation is 2. The molecule has 0 spiro atoms. The molecular formula is C25H37N5O5. The van der Waals surface area contributed by atoms with Gasteiger partial charge in [-0.3, -0.25) is 14.4 Å². The molecule has 0 aliphatic heterocycles. The van der Waals surface area contributed by atoms with Crippen LogP contribution >= 0.6 is 0 Å². The largest absolute Gasteiger partial charge is 0.444 e. The number of ether oxygens (including phenoxy) is 1. The predicted octanol–water partition coefficient (Wildman–Crippen LogP) is 2.38. The van der Waals surface area contributed by atoms with Crippen LogP contribution < -0.4 is 16.4 Å². The van der Waals surface area contributed by atoms with Gasteiger partial charge < -0.3 is 26.0 Å².